The Labute approximate surface area is 146 Å². The van der Waals surface area contributed by atoms with E-state index in [-0.39, 0.29) is 11.3 Å². The molecule has 0 aliphatic rings. The Morgan fingerprint density at radius 2 is 2.12 bits per heavy atom. The number of H-pyrrole nitrogens is 1. The van der Waals surface area contributed by atoms with Gasteiger partial charge in [0.2, 0.25) is 0 Å². The highest BCUT2D eigenvalue weighted by Crippen LogP contribution is 2.28. The molecular weight excluding hydrogens is 318 g/mol. The third-order valence-corrected chi connectivity index (χ3v) is 4.58. The van der Waals surface area contributed by atoms with Crippen LogP contribution in [0.5, 0.6) is 0 Å². The lowest BCUT2D eigenvalue weighted by atomic mass is 9.79. The molecule has 0 saturated carbocycles. The molecule has 3 rings (SSSR count). The molecule has 0 radical (unpaired) electrons. The predicted octanol–water partition coefficient (Wildman–Crippen LogP) is 2.56. The van der Waals surface area contributed by atoms with Crippen LogP contribution in [0.3, 0.4) is 0 Å². The number of rotatable bonds is 4. The Balaban J connectivity index is 1.70. The molecule has 2 N–H and O–H groups in total. The molecule has 0 fully saturated rings. The van der Waals surface area contributed by atoms with E-state index in [0.29, 0.717) is 28.5 Å². The molecule has 0 aromatic carbocycles. The van der Waals surface area contributed by atoms with E-state index in [1.165, 1.54) is 6.20 Å². The molecule has 3 aromatic rings. The SMILES string of the molecule is CC(Cc1cc(NC(=O)c2cnc3c(c2)nnn3C)n[nH]1)C(C)(C)C. The van der Waals surface area contributed by atoms with E-state index in [1.807, 2.05) is 6.07 Å². The van der Waals surface area contributed by atoms with Gasteiger partial charge in [-0.2, -0.15) is 5.10 Å². The number of aromatic amines is 1. The van der Waals surface area contributed by atoms with Crippen molar-refractivity contribution in [2.45, 2.75) is 34.1 Å². The lowest BCUT2D eigenvalue weighted by molar-refractivity contribution is 0.102. The number of aromatic nitrogens is 6. The lowest BCUT2D eigenvalue weighted by Crippen LogP contribution is -2.19. The summed E-state index contributed by atoms with van der Waals surface area (Å²) in [5.41, 5.74) is 2.85. The number of nitrogens with zero attached hydrogens (tertiary/aromatic N) is 5. The van der Waals surface area contributed by atoms with Gasteiger partial charge >= 0.3 is 0 Å². The number of fused-ring (bicyclic) bond motifs is 1. The van der Waals surface area contributed by atoms with E-state index >= 15 is 0 Å². The van der Waals surface area contributed by atoms with Gasteiger partial charge in [0.25, 0.3) is 5.91 Å². The van der Waals surface area contributed by atoms with Crippen LogP contribution in [-0.4, -0.2) is 36.1 Å². The maximum absolute atomic E-state index is 12.4. The van der Waals surface area contributed by atoms with Crippen LogP contribution >= 0.6 is 0 Å². The van der Waals surface area contributed by atoms with Gasteiger partial charge in [0.05, 0.1) is 5.56 Å². The van der Waals surface area contributed by atoms with E-state index < -0.39 is 0 Å². The van der Waals surface area contributed by atoms with Crippen molar-refractivity contribution >= 4 is 22.9 Å². The molecule has 8 nitrogen and oxygen atoms in total. The van der Waals surface area contributed by atoms with E-state index in [9.17, 15) is 4.79 Å². The fourth-order valence-electron chi connectivity index (χ4n) is 2.41. The molecule has 8 heteroatoms. The minimum atomic E-state index is -0.276. The van der Waals surface area contributed by atoms with E-state index in [4.69, 9.17) is 0 Å². The van der Waals surface area contributed by atoms with Gasteiger partial charge in [-0.15, -0.1) is 5.10 Å². The van der Waals surface area contributed by atoms with Crippen LogP contribution in [0, 0.1) is 11.3 Å². The summed E-state index contributed by atoms with van der Waals surface area (Å²) in [6.07, 6.45) is 2.38. The zero-order valence-corrected chi connectivity index (χ0v) is 15.2. The number of carbonyl (C=O) groups excluding carboxylic acids is 1. The lowest BCUT2D eigenvalue weighted by Gasteiger charge is -2.26. The second-order valence-electron chi connectivity index (χ2n) is 7.48. The van der Waals surface area contributed by atoms with E-state index in [0.717, 1.165) is 12.1 Å². The zero-order valence-electron chi connectivity index (χ0n) is 15.2. The monoisotopic (exact) mass is 341 g/mol. The number of amides is 1. The van der Waals surface area contributed by atoms with Crippen molar-refractivity contribution in [3.8, 4) is 0 Å². The first kappa shape index (κ1) is 17.1. The summed E-state index contributed by atoms with van der Waals surface area (Å²) in [6.45, 7) is 8.85. The fourth-order valence-corrected chi connectivity index (χ4v) is 2.41. The highest BCUT2D eigenvalue weighted by Gasteiger charge is 2.21. The van der Waals surface area contributed by atoms with Crippen LogP contribution in [0.15, 0.2) is 18.3 Å². The van der Waals surface area contributed by atoms with Crippen LogP contribution in [0.2, 0.25) is 0 Å². The molecule has 1 amide bonds. The summed E-state index contributed by atoms with van der Waals surface area (Å²) in [7, 11) is 1.76. The number of hydrogen-bond donors (Lipinski definition) is 2. The summed E-state index contributed by atoms with van der Waals surface area (Å²) in [4.78, 5) is 16.6. The molecule has 1 atom stereocenters. The van der Waals surface area contributed by atoms with Crippen LogP contribution in [-0.2, 0) is 13.5 Å². The van der Waals surface area contributed by atoms with E-state index in [2.05, 4.69) is 58.5 Å². The quantitative estimate of drug-likeness (QED) is 0.759. The van der Waals surface area contributed by atoms with Gasteiger partial charge < -0.3 is 5.32 Å². The van der Waals surface area contributed by atoms with Crippen LogP contribution in [0.4, 0.5) is 5.82 Å². The van der Waals surface area contributed by atoms with Gasteiger partial charge in [-0.3, -0.25) is 9.89 Å². The molecular formula is C17H23N7O. The molecule has 0 aliphatic carbocycles. The van der Waals surface area contributed by atoms with Gasteiger partial charge in [-0.1, -0.05) is 32.9 Å². The minimum absolute atomic E-state index is 0.215. The molecule has 25 heavy (non-hydrogen) atoms. The van der Waals surface area contributed by atoms with Crippen molar-refractivity contribution in [2.75, 3.05) is 5.32 Å². The molecule has 0 bridgehead atoms. The maximum Gasteiger partial charge on any atom is 0.258 e. The Morgan fingerprint density at radius 3 is 2.84 bits per heavy atom. The molecule has 0 saturated heterocycles. The Bertz CT molecular complexity index is 903. The number of carbonyl (C=O) groups is 1. The zero-order chi connectivity index (χ0) is 18.2. The predicted molar refractivity (Wildman–Crippen MR) is 95.2 cm³/mol. The molecule has 0 aliphatic heterocycles. The Morgan fingerprint density at radius 1 is 1.36 bits per heavy atom. The van der Waals surface area contributed by atoms with Gasteiger partial charge in [0.1, 0.15) is 5.52 Å². The summed E-state index contributed by atoms with van der Waals surface area (Å²) >= 11 is 0. The highest BCUT2D eigenvalue weighted by molar-refractivity contribution is 6.04. The van der Waals surface area contributed by atoms with Gasteiger partial charge in [-0.25, -0.2) is 9.67 Å². The van der Waals surface area contributed by atoms with Crippen molar-refractivity contribution < 1.29 is 4.79 Å². The summed E-state index contributed by atoms with van der Waals surface area (Å²) in [5, 5.41) is 17.8. The van der Waals surface area contributed by atoms with Crippen LogP contribution in [0.25, 0.3) is 11.2 Å². The van der Waals surface area contributed by atoms with Gasteiger partial charge in [-0.05, 0) is 23.8 Å². The number of anilines is 1. The standard InChI is InChI=1S/C17H23N7O/c1-10(17(2,3)4)6-12-8-14(22-20-12)19-16(25)11-7-13-15(18-9-11)24(5)23-21-13/h7-10H,6H2,1-5H3,(H2,19,20,22,25). The van der Waals surface area contributed by atoms with Crippen molar-refractivity contribution in [1.29, 1.82) is 0 Å². The molecule has 1 unspecified atom stereocenters. The first-order valence-corrected chi connectivity index (χ1v) is 8.25. The molecule has 3 aromatic heterocycles. The summed E-state index contributed by atoms with van der Waals surface area (Å²) < 4.78 is 1.56. The van der Waals surface area contributed by atoms with Gasteiger partial charge in [0.15, 0.2) is 11.5 Å². The minimum Gasteiger partial charge on any atom is -0.305 e. The number of hydrogen-bond acceptors (Lipinski definition) is 5. The summed E-state index contributed by atoms with van der Waals surface area (Å²) in [5.74, 6) is 0.710. The molecule has 132 valence electrons. The van der Waals surface area contributed by atoms with Crippen molar-refractivity contribution in [1.82, 2.24) is 30.2 Å². The van der Waals surface area contributed by atoms with Crippen LogP contribution < -0.4 is 5.32 Å². The fraction of sp³-hybridized carbons (Fsp3) is 0.471. The van der Waals surface area contributed by atoms with Crippen molar-refractivity contribution in [3.63, 3.8) is 0 Å². The van der Waals surface area contributed by atoms with Gasteiger partial charge in [0, 0.05) is 25.0 Å². The Hall–Kier alpha value is -2.77. The smallest absolute Gasteiger partial charge is 0.258 e. The Kier molecular flexibility index (Phi) is 4.28. The topological polar surface area (TPSA) is 101 Å². The average molecular weight is 341 g/mol. The molecule has 0 spiro atoms. The summed E-state index contributed by atoms with van der Waals surface area (Å²) in [6, 6.07) is 3.54. The average Bonchev–Trinajstić information content (AvgIpc) is 3.13. The largest absolute Gasteiger partial charge is 0.305 e. The number of nitrogens with one attached hydrogen (secondary N) is 2. The first-order valence-electron chi connectivity index (χ1n) is 8.25. The third kappa shape index (κ3) is 3.67. The van der Waals surface area contributed by atoms with Crippen LogP contribution in [0.1, 0.15) is 43.7 Å². The maximum atomic E-state index is 12.4. The highest BCUT2D eigenvalue weighted by atomic mass is 16.1. The number of pyridine rings is 1. The third-order valence-electron chi connectivity index (χ3n) is 4.58. The van der Waals surface area contributed by atoms with Crippen molar-refractivity contribution in [3.05, 3.63) is 29.6 Å². The second kappa shape index (κ2) is 6.27. The molecule has 3 heterocycles. The normalized spacial score (nSPS) is 13.2. The number of aryl methyl sites for hydroxylation is 1. The van der Waals surface area contributed by atoms with Crippen molar-refractivity contribution in [2.24, 2.45) is 18.4 Å². The first-order chi connectivity index (χ1) is 11.7. The van der Waals surface area contributed by atoms with E-state index in [1.54, 1.807) is 17.8 Å². The second-order valence-corrected chi connectivity index (χ2v) is 7.48.